The molecule has 0 spiro atoms. The number of hydrogen-bond acceptors (Lipinski definition) is 3. The monoisotopic (exact) mass is 291 g/mol. The predicted octanol–water partition coefficient (Wildman–Crippen LogP) is 3.23. The third kappa shape index (κ3) is 2.49. The number of alkyl halides is 3. The lowest BCUT2D eigenvalue weighted by molar-refractivity contribution is -0.137. The molecule has 0 radical (unpaired) electrons. The van der Waals surface area contributed by atoms with E-state index in [1.54, 1.807) is 18.3 Å². The molecule has 0 N–H and O–H groups in total. The van der Waals surface area contributed by atoms with E-state index in [1.807, 2.05) is 0 Å². The summed E-state index contributed by atoms with van der Waals surface area (Å²) < 4.78 is 39.0. The van der Waals surface area contributed by atoms with Gasteiger partial charge in [0.05, 0.1) is 5.56 Å². The molecule has 0 unspecified atom stereocenters. The molecule has 0 saturated heterocycles. The molecule has 0 aliphatic heterocycles. The Kier molecular flexibility index (Phi) is 2.97. The zero-order valence-corrected chi connectivity index (χ0v) is 10.5. The molecule has 0 saturated carbocycles. The molecular formula is C14H8F3N3O. The molecule has 0 atom stereocenters. The van der Waals surface area contributed by atoms with Crippen LogP contribution in [0.3, 0.4) is 0 Å². The lowest BCUT2D eigenvalue weighted by Gasteiger charge is -2.05. The summed E-state index contributed by atoms with van der Waals surface area (Å²) in [4.78, 5) is 14.9. The first kappa shape index (κ1) is 13.3. The summed E-state index contributed by atoms with van der Waals surface area (Å²) in [5.41, 5.74) is 0.654. The van der Waals surface area contributed by atoms with Crippen LogP contribution < -0.4 is 0 Å². The molecule has 0 aliphatic rings. The van der Waals surface area contributed by atoms with E-state index in [-0.39, 0.29) is 0 Å². The lowest BCUT2D eigenvalue weighted by atomic mass is 10.1. The Bertz CT molecular complexity index is 806. The highest BCUT2D eigenvalue weighted by Crippen LogP contribution is 2.30. The number of fused-ring (bicyclic) bond motifs is 1. The minimum atomic E-state index is -4.37. The minimum absolute atomic E-state index is 0.298. The largest absolute Gasteiger partial charge is 0.416 e. The van der Waals surface area contributed by atoms with Crippen molar-refractivity contribution in [2.24, 2.45) is 0 Å². The van der Waals surface area contributed by atoms with E-state index >= 15 is 0 Å². The van der Waals surface area contributed by atoms with Gasteiger partial charge in [0.25, 0.3) is 0 Å². The number of carbonyl (C=O) groups excluding carboxylic acids is 1. The normalized spacial score (nSPS) is 11.8. The number of rotatable bonds is 2. The van der Waals surface area contributed by atoms with Crippen molar-refractivity contribution in [3.8, 4) is 11.4 Å². The van der Waals surface area contributed by atoms with Crippen LogP contribution in [0.5, 0.6) is 0 Å². The van der Waals surface area contributed by atoms with Crippen LogP contribution in [0.2, 0.25) is 0 Å². The highest BCUT2D eigenvalue weighted by Gasteiger charge is 2.30. The Morgan fingerprint density at radius 3 is 2.43 bits per heavy atom. The van der Waals surface area contributed by atoms with Gasteiger partial charge in [0, 0.05) is 17.3 Å². The number of nitrogens with zero attached hydrogens (tertiary/aromatic N) is 3. The van der Waals surface area contributed by atoms with E-state index < -0.39 is 11.7 Å². The topological polar surface area (TPSA) is 47.3 Å². The fraction of sp³-hybridized carbons (Fsp3) is 0.0714. The second-order valence-corrected chi connectivity index (χ2v) is 4.39. The van der Waals surface area contributed by atoms with Gasteiger partial charge >= 0.3 is 6.18 Å². The molecule has 2 aromatic heterocycles. The number of aldehydes is 1. The van der Waals surface area contributed by atoms with Crippen molar-refractivity contribution in [3.63, 3.8) is 0 Å². The van der Waals surface area contributed by atoms with Gasteiger partial charge in [-0.1, -0.05) is 12.1 Å². The third-order valence-electron chi connectivity index (χ3n) is 2.97. The average Bonchev–Trinajstić information content (AvgIpc) is 2.89. The Balaban J connectivity index is 2.02. The van der Waals surface area contributed by atoms with Crippen molar-refractivity contribution in [1.82, 2.24) is 14.6 Å². The van der Waals surface area contributed by atoms with Crippen LogP contribution >= 0.6 is 0 Å². The molecule has 0 amide bonds. The van der Waals surface area contributed by atoms with Gasteiger partial charge in [-0.2, -0.15) is 13.2 Å². The first-order chi connectivity index (χ1) is 9.97. The second-order valence-electron chi connectivity index (χ2n) is 4.39. The third-order valence-corrected chi connectivity index (χ3v) is 2.97. The van der Waals surface area contributed by atoms with Crippen molar-refractivity contribution >= 4 is 11.9 Å². The van der Waals surface area contributed by atoms with Gasteiger partial charge in [0.2, 0.25) is 0 Å². The molecule has 1 aromatic carbocycles. The first-order valence-electron chi connectivity index (χ1n) is 5.96. The van der Waals surface area contributed by atoms with E-state index in [1.165, 1.54) is 16.6 Å². The van der Waals surface area contributed by atoms with E-state index in [0.29, 0.717) is 28.9 Å². The molecule has 0 aliphatic carbocycles. The Morgan fingerprint density at radius 1 is 1.10 bits per heavy atom. The second kappa shape index (κ2) is 4.69. The maximum Gasteiger partial charge on any atom is 0.416 e. The highest BCUT2D eigenvalue weighted by molar-refractivity contribution is 5.76. The van der Waals surface area contributed by atoms with Gasteiger partial charge in [-0.3, -0.25) is 4.79 Å². The highest BCUT2D eigenvalue weighted by atomic mass is 19.4. The van der Waals surface area contributed by atoms with Crippen molar-refractivity contribution < 1.29 is 18.0 Å². The van der Waals surface area contributed by atoms with Crippen molar-refractivity contribution in [2.45, 2.75) is 6.18 Å². The molecule has 7 heteroatoms. The molecule has 3 rings (SSSR count). The predicted molar refractivity (Wildman–Crippen MR) is 68.8 cm³/mol. The maximum absolute atomic E-state index is 12.5. The SMILES string of the molecule is O=Cc1ccn2nc(-c3ccc(C(F)(F)F)cc3)nc2c1. The van der Waals surface area contributed by atoms with E-state index in [9.17, 15) is 18.0 Å². The smallest absolute Gasteiger partial charge is 0.298 e. The van der Waals surface area contributed by atoms with Gasteiger partial charge in [-0.15, -0.1) is 5.10 Å². The van der Waals surface area contributed by atoms with Gasteiger partial charge in [0.1, 0.15) is 6.29 Å². The van der Waals surface area contributed by atoms with Crippen LogP contribution in [0.4, 0.5) is 13.2 Å². The quantitative estimate of drug-likeness (QED) is 0.681. The van der Waals surface area contributed by atoms with Crippen LogP contribution in [-0.2, 0) is 6.18 Å². The number of pyridine rings is 1. The molecule has 4 nitrogen and oxygen atoms in total. The van der Waals surface area contributed by atoms with Crippen LogP contribution in [0, 0.1) is 0 Å². The summed E-state index contributed by atoms with van der Waals surface area (Å²) >= 11 is 0. The average molecular weight is 291 g/mol. The van der Waals surface area contributed by atoms with Gasteiger partial charge < -0.3 is 0 Å². The summed E-state index contributed by atoms with van der Waals surface area (Å²) in [7, 11) is 0. The number of benzene rings is 1. The fourth-order valence-corrected chi connectivity index (χ4v) is 1.90. The minimum Gasteiger partial charge on any atom is -0.298 e. The zero-order chi connectivity index (χ0) is 15.0. The molecule has 0 bridgehead atoms. The van der Waals surface area contributed by atoms with E-state index in [0.717, 1.165) is 12.1 Å². The maximum atomic E-state index is 12.5. The van der Waals surface area contributed by atoms with Crippen molar-refractivity contribution in [3.05, 3.63) is 53.7 Å². The summed E-state index contributed by atoms with van der Waals surface area (Å²) in [6.45, 7) is 0. The van der Waals surface area contributed by atoms with Crippen LogP contribution in [0.1, 0.15) is 15.9 Å². The molecule has 0 fully saturated rings. The molecule has 21 heavy (non-hydrogen) atoms. The number of halogens is 3. The summed E-state index contributed by atoms with van der Waals surface area (Å²) in [6.07, 6.45) is -2.12. The molecular weight excluding hydrogens is 283 g/mol. The summed E-state index contributed by atoms with van der Waals surface area (Å²) in [5.74, 6) is 0.298. The van der Waals surface area contributed by atoms with Gasteiger partial charge in [-0.05, 0) is 24.3 Å². The number of carbonyl (C=O) groups is 1. The zero-order valence-electron chi connectivity index (χ0n) is 10.5. The summed E-state index contributed by atoms with van der Waals surface area (Å²) in [5, 5.41) is 4.16. The van der Waals surface area contributed by atoms with Crippen LogP contribution in [-0.4, -0.2) is 20.9 Å². The van der Waals surface area contributed by atoms with Crippen molar-refractivity contribution in [2.75, 3.05) is 0 Å². The van der Waals surface area contributed by atoms with Crippen LogP contribution in [0.25, 0.3) is 17.0 Å². The van der Waals surface area contributed by atoms with E-state index in [4.69, 9.17) is 0 Å². The summed E-state index contributed by atoms with van der Waals surface area (Å²) in [6, 6.07) is 7.73. The Labute approximate surface area is 116 Å². The van der Waals surface area contributed by atoms with Gasteiger partial charge in [0.15, 0.2) is 11.5 Å². The lowest BCUT2D eigenvalue weighted by Crippen LogP contribution is -2.04. The first-order valence-corrected chi connectivity index (χ1v) is 5.96. The Hall–Kier alpha value is -2.70. The standard InChI is InChI=1S/C14H8F3N3O/c15-14(16,17)11-3-1-10(2-4-11)13-18-12-7-9(8-21)5-6-20(12)19-13/h1-8H. The van der Waals surface area contributed by atoms with Crippen molar-refractivity contribution in [1.29, 1.82) is 0 Å². The van der Waals surface area contributed by atoms with Gasteiger partial charge in [-0.25, -0.2) is 9.50 Å². The van der Waals surface area contributed by atoms with Crippen LogP contribution in [0.15, 0.2) is 42.6 Å². The van der Waals surface area contributed by atoms with E-state index in [2.05, 4.69) is 10.1 Å². The molecule has 2 heterocycles. The molecule has 3 aromatic rings. The number of aromatic nitrogens is 3. The molecule has 106 valence electrons. The Morgan fingerprint density at radius 2 is 1.81 bits per heavy atom. The number of hydrogen-bond donors (Lipinski definition) is 0. The fourth-order valence-electron chi connectivity index (χ4n) is 1.90.